The monoisotopic (exact) mass is 572 g/mol. The van der Waals surface area contributed by atoms with Crippen LogP contribution in [0.3, 0.4) is 0 Å². The van der Waals surface area contributed by atoms with Crippen LogP contribution in [0.15, 0.2) is 66.7 Å². The standard InChI is InChI=1S/C38H49ClO2/c1-3-5-7-8-9-11-13-30-14-18-31(19-15-30)32-22-25-35(26-23-32)41-38(40)34-24-27-36(37(39)28-34)33-20-16-29(17-21-33)12-10-6-4-2/h14-15,18-19,22-29,33H,3-13,16-17,20-21H2,1-2H3. The number of hydrogen-bond donors (Lipinski definition) is 0. The molecule has 1 aliphatic rings. The molecule has 0 heterocycles. The Morgan fingerprint density at radius 2 is 1.34 bits per heavy atom. The zero-order valence-corrected chi connectivity index (χ0v) is 26.1. The normalized spacial score (nSPS) is 17.0. The molecule has 0 amide bonds. The summed E-state index contributed by atoms with van der Waals surface area (Å²) < 4.78 is 5.69. The Bertz CT molecular complexity index is 1190. The molecule has 0 unspecified atom stereocenters. The van der Waals surface area contributed by atoms with Crippen molar-refractivity contribution in [3.05, 3.63) is 88.4 Å². The number of halogens is 1. The summed E-state index contributed by atoms with van der Waals surface area (Å²) in [5.41, 5.74) is 5.36. The minimum Gasteiger partial charge on any atom is -0.423 e. The molecule has 0 spiro atoms. The molecule has 0 saturated heterocycles. The number of carbonyl (C=O) groups excluding carboxylic acids is 1. The minimum absolute atomic E-state index is 0.370. The fraction of sp³-hybridized carbons (Fsp3) is 0.500. The number of aryl methyl sites for hydroxylation is 1. The summed E-state index contributed by atoms with van der Waals surface area (Å²) in [4.78, 5) is 12.9. The molecule has 0 bridgehead atoms. The Morgan fingerprint density at radius 3 is 2.00 bits per heavy atom. The van der Waals surface area contributed by atoms with Gasteiger partial charge in [-0.3, -0.25) is 0 Å². The van der Waals surface area contributed by atoms with E-state index in [-0.39, 0.29) is 5.97 Å². The van der Waals surface area contributed by atoms with Crippen LogP contribution in [0.5, 0.6) is 5.75 Å². The first-order valence-corrected chi connectivity index (χ1v) is 16.7. The molecule has 1 saturated carbocycles. The van der Waals surface area contributed by atoms with Gasteiger partial charge in [0.2, 0.25) is 0 Å². The largest absolute Gasteiger partial charge is 0.423 e. The molecular formula is C38H49ClO2. The van der Waals surface area contributed by atoms with Crippen LogP contribution in [0.1, 0.15) is 131 Å². The maximum atomic E-state index is 12.9. The Hall–Kier alpha value is -2.58. The number of unbranched alkanes of at least 4 members (excludes halogenated alkanes) is 7. The molecule has 0 aliphatic heterocycles. The van der Waals surface area contributed by atoms with E-state index in [0.29, 0.717) is 22.3 Å². The number of benzene rings is 3. The molecule has 0 radical (unpaired) electrons. The molecule has 3 aromatic rings. The van der Waals surface area contributed by atoms with E-state index in [4.69, 9.17) is 16.3 Å². The van der Waals surface area contributed by atoms with Gasteiger partial charge < -0.3 is 4.74 Å². The van der Waals surface area contributed by atoms with Crippen molar-refractivity contribution in [3.8, 4) is 16.9 Å². The van der Waals surface area contributed by atoms with Crippen LogP contribution >= 0.6 is 11.6 Å². The lowest BCUT2D eigenvalue weighted by Crippen LogP contribution is -2.14. The summed E-state index contributed by atoms with van der Waals surface area (Å²) in [5.74, 6) is 1.53. The van der Waals surface area contributed by atoms with Crippen molar-refractivity contribution in [3.63, 3.8) is 0 Å². The van der Waals surface area contributed by atoms with Gasteiger partial charge >= 0.3 is 5.97 Å². The van der Waals surface area contributed by atoms with Gasteiger partial charge in [-0.15, -0.1) is 0 Å². The maximum absolute atomic E-state index is 12.9. The van der Waals surface area contributed by atoms with Gasteiger partial charge in [0.1, 0.15) is 5.75 Å². The molecule has 4 rings (SSSR count). The molecule has 3 heteroatoms. The van der Waals surface area contributed by atoms with Crippen molar-refractivity contribution >= 4 is 17.6 Å². The van der Waals surface area contributed by atoms with E-state index in [1.807, 2.05) is 36.4 Å². The first-order valence-electron chi connectivity index (χ1n) is 16.3. The van der Waals surface area contributed by atoms with E-state index in [9.17, 15) is 4.79 Å². The van der Waals surface area contributed by atoms with Gasteiger partial charge in [0.15, 0.2) is 0 Å². The lowest BCUT2D eigenvalue weighted by molar-refractivity contribution is 0.0734. The van der Waals surface area contributed by atoms with Gasteiger partial charge in [0, 0.05) is 5.02 Å². The third kappa shape index (κ3) is 9.74. The molecule has 0 atom stereocenters. The number of carbonyl (C=O) groups is 1. The highest BCUT2D eigenvalue weighted by Gasteiger charge is 2.24. The van der Waals surface area contributed by atoms with Crippen LogP contribution in [0.4, 0.5) is 0 Å². The number of esters is 1. The zero-order valence-electron chi connectivity index (χ0n) is 25.3. The zero-order chi connectivity index (χ0) is 28.9. The van der Waals surface area contributed by atoms with Crippen molar-refractivity contribution in [1.29, 1.82) is 0 Å². The van der Waals surface area contributed by atoms with E-state index >= 15 is 0 Å². The highest BCUT2D eigenvalue weighted by molar-refractivity contribution is 6.31. The highest BCUT2D eigenvalue weighted by atomic mass is 35.5. The smallest absolute Gasteiger partial charge is 0.343 e. The summed E-state index contributed by atoms with van der Waals surface area (Å²) in [6.07, 6.45) is 19.4. The molecular weight excluding hydrogens is 524 g/mol. The van der Waals surface area contributed by atoms with E-state index in [0.717, 1.165) is 17.9 Å². The van der Waals surface area contributed by atoms with Gasteiger partial charge in [-0.25, -0.2) is 4.79 Å². The van der Waals surface area contributed by atoms with Crippen molar-refractivity contribution in [2.45, 2.75) is 116 Å². The Labute approximate surface area is 253 Å². The SMILES string of the molecule is CCCCCCCCc1ccc(-c2ccc(OC(=O)c3ccc(C4CCC(CCCCC)CC4)c(Cl)c3)cc2)cc1. The predicted molar refractivity (Wildman–Crippen MR) is 174 cm³/mol. The summed E-state index contributed by atoms with van der Waals surface area (Å²) in [6, 6.07) is 22.3. The minimum atomic E-state index is -0.370. The molecule has 2 nitrogen and oxygen atoms in total. The first-order chi connectivity index (χ1) is 20.1. The van der Waals surface area contributed by atoms with Crippen LogP contribution in [-0.2, 0) is 6.42 Å². The second-order valence-corrected chi connectivity index (χ2v) is 12.5. The molecule has 0 aromatic heterocycles. The van der Waals surface area contributed by atoms with E-state index in [2.05, 4.69) is 38.1 Å². The Morgan fingerprint density at radius 1 is 0.732 bits per heavy atom. The Balaban J connectivity index is 1.26. The summed E-state index contributed by atoms with van der Waals surface area (Å²) in [6.45, 7) is 4.53. The third-order valence-electron chi connectivity index (χ3n) is 8.91. The topological polar surface area (TPSA) is 26.3 Å². The van der Waals surface area contributed by atoms with Gasteiger partial charge in [-0.1, -0.05) is 126 Å². The van der Waals surface area contributed by atoms with Crippen LogP contribution < -0.4 is 4.74 Å². The molecule has 3 aromatic carbocycles. The Kier molecular flexibility index (Phi) is 12.8. The number of rotatable bonds is 15. The number of hydrogen-bond acceptors (Lipinski definition) is 2. The molecule has 220 valence electrons. The van der Waals surface area contributed by atoms with Gasteiger partial charge in [0.05, 0.1) is 5.56 Å². The van der Waals surface area contributed by atoms with Gasteiger partial charge in [-0.2, -0.15) is 0 Å². The fourth-order valence-electron chi connectivity index (χ4n) is 6.29. The summed E-state index contributed by atoms with van der Waals surface area (Å²) in [5, 5.41) is 0.684. The van der Waals surface area contributed by atoms with Crippen molar-refractivity contribution < 1.29 is 9.53 Å². The predicted octanol–water partition coefficient (Wildman–Crippen LogP) is 12.0. The van der Waals surface area contributed by atoms with E-state index in [1.54, 1.807) is 6.07 Å². The average molecular weight is 573 g/mol. The van der Waals surface area contributed by atoms with Crippen molar-refractivity contribution in [1.82, 2.24) is 0 Å². The molecule has 41 heavy (non-hydrogen) atoms. The average Bonchev–Trinajstić information content (AvgIpc) is 3.00. The van der Waals surface area contributed by atoms with Gasteiger partial charge in [-0.05, 0) is 96.9 Å². The quantitative estimate of drug-likeness (QED) is 0.103. The van der Waals surface area contributed by atoms with Crippen molar-refractivity contribution in [2.24, 2.45) is 5.92 Å². The molecule has 1 aliphatic carbocycles. The lowest BCUT2D eigenvalue weighted by atomic mass is 9.77. The van der Waals surface area contributed by atoms with Gasteiger partial charge in [0.25, 0.3) is 0 Å². The van der Waals surface area contributed by atoms with Crippen LogP contribution in [-0.4, -0.2) is 5.97 Å². The first kappa shape index (κ1) is 31.4. The summed E-state index contributed by atoms with van der Waals surface area (Å²) in [7, 11) is 0. The summed E-state index contributed by atoms with van der Waals surface area (Å²) >= 11 is 6.69. The van der Waals surface area contributed by atoms with E-state index in [1.165, 1.54) is 107 Å². The molecule has 0 N–H and O–H groups in total. The highest BCUT2D eigenvalue weighted by Crippen LogP contribution is 2.40. The maximum Gasteiger partial charge on any atom is 0.343 e. The number of ether oxygens (including phenoxy) is 1. The second kappa shape index (κ2) is 16.8. The van der Waals surface area contributed by atoms with E-state index < -0.39 is 0 Å². The fourth-order valence-corrected chi connectivity index (χ4v) is 6.62. The van der Waals surface area contributed by atoms with Crippen molar-refractivity contribution in [2.75, 3.05) is 0 Å². The molecule has 1 fully saturated rings. The lowest BCUT2D eigenvalue weighted by Gasteiger charge is -2.29. The van der Waals surface area contributed by atoms with Crippen LogP contribution in [0, 0.1) is 5.92 Å². The van der Waals surface area contributed by atoms with Crippen LogP contribution in [0.25, 0.3) is 11.1 Å². The van der Waals surface area contributed by atoms with Crippen LogP contribution in [0.2, 0.25) is 5.02 Å². The second-order valence-electron chi connectivity index (χ2n) is 12.1. The third-order valence-corrected chi connectivity index (χ3v) is 9.24.